The van der Waals surface area contributed by atoms with Crippen LogP contribution in [0.25, 0.3) is 0 Å². The van der Waals surface area contributed by atoms with Crippen LogP contribution >= 0.6 is 0 Å². The molecule has 0 radical (unpaired) electrons. The number of aliphatic hydroxyl groups excluding tert-OH is 1. The van der Waals surface area contributed by atoms with Gasteiger partial charge in [-0.3, -0.25) is 4.79 Å². The summed E-state index contributed by atoms with van der Waals surface area (Å²) in [5, 5.41) is 9.69. The van der Waals surface area contributed by atoms with Gasteiger partial charge in [0.2, 0.25) is 5.91 Å². The molecule has 3 rings (SSSR count). The zero-order valence-corrected chi connectivity index (χ0v) is 12.5. The van der Waals surface area contributed by atoms with E-state index in [1.54, 1.807) is 4.90 Å². The smallest absolute Gasteiger partial charge is 0.227 e. The number of halogens is 2. The molecule has 0 fully saturated rings. The van der Waals surface area contributed by atoms with Gasteiger partial charge in [-0.25, -0.2) is 8.78 Å². The summed E-state index contributed by atoms with van der Waals surface area (Å²) in [6, 6.07) is 11.0. The van der Waals surface area contributed by atoms with Crippen molar-refractivity contribution < 1.29 is 18.7 Å². The van der Waals surface area contributed by atoms with E-state index in [1.165, 1.54) is 12.1 Å². The summed E-state index contributed by atoms with van der Waals surface area (Å²) in [5.74, 6) is -2.26. The minimum Gasteiger partial charge on any atom is -0.394 e. The topological polar surface area (TPSA) is 40.5 Å². The molecule has 1 aliphatic rings. The Labute approximate surface area is 133 Å². The quantitative estimate of drug-likeness (QED) is 0.945. The zero-order valence-electron chi connectivity index (χ0n) is 12.5. The molecule has 0 aliphatic carbocycles. The zero-order chi connectivity index (χ0) is 16.4. The first-order chi connectivity index (χ1) is 11.1. The van der Waals surface area contributed by atoms with Crippen LogP contribution in [-0.4, -0.2) is 29.1 Å². The molecule has 23 heavy (non-hydrogen) atoms. The van der Waals surface area contributed by atoms with Crippen molar-refractivity contribution in [2.45, 2.75) is 18.9 Å². The molecule has 1 heterocycles. The lowest BCUT2D eigenvalue weighted by molar-refractivity contribution is -0.134. The van der Waals surface area contributed by atoms with Gasteiger partial charge < -0.3 is 10.0 Å². The fourth-order valence-electron chi connectivity index (χ4n) is 3.10. The molecule has 0 spiro atoms. The molecule has 3 nitrogen and oxygen atoms in total. The Balaban J connectivity index is 1.84. The molecule has 0 saturated heterocycles. The maximum Gasteiger partial charge on any atom is 0.227 e. The Bertz CT molecular complexity index is 733. The maximum absolute atomic E-state index is 13.8. The molecule has 0 aromatic heterocycles. The molecule has 0 bridgehead atoms. The summed E-state index contributed by atoms with van der Waals surface area (Å²) in [6.45, 7) is 0.256. The molecule has 1 amide bonds. The monoisotopic (exact) mass is 317 g/mol. The number of carbonyl (C=O) groups excluding carboxylic acids is 1. The van der Waals surface area contributed by atoms with Crippen LogP contribution in [0.15, 0.2) is 42.5 Å². The van der Waals surface area contributed by atoms with Crippen molar-refractivity contribution in [3.63, 3.8) is 0 Å². The van der Waals surface area contributed by atoms with Gasteiger partial charge in [0, 0.05) is 12.1 Å². The lowest BCUT2D eigenvalue weighted by atomic mass is 9.92. The van der Waals surface area contributed by atoms with Gasteiger partial charge in [0.15, 0.2) is 11.6 Å². The Morgan fingerprint density at radius 3 is 2.74 bits per heavy atom. The van der Waals surface area contributed by atoms with E-state index in [9.17, 15) is 18.7 Å². The Morgan fingerprint density at radius 2 is 1.96 bits per heavy atom. The first-order valence-corrected chi connectivity index (χ1v) is 7.53. The van der Waals surface area contributed by atoms with Gasteiger partial charge in [-0.1, -0.05) is 36.4 Å². The average molecular weight is 317 g/mol. The van der Waals surface area contributed by atoms with E-state index in [1.807, 2.05) is 24.3 Å². The van der Waals surface area contributed by atoms with Crippen LogP contribution < -0.4 is 0 Å². The molecule has 120 valence electrons. The van der Waals surface area contributed by atoms with Crippen molar-refractivity contribution >= 4 is 5.91 Å². The van der Waals surface area contributed by atoms with Gasteiger partial charge in [-0.2, -0.15) is 0 Å². The summed E-state index contributed by atoms with van der Waals surface area (Å²) in [5.41, 5.74) is 2.05. The first-order valence-electron chi connectivity index (χ1n) is 7.53. The van der Waals surface area contributed by atoms with Gasteiger partial charge in [-0.05, 0) is 23.6 Å². The fraction of sp³-hybridized carbons (Fsp3) is 0.278. The van der Waals surface area contributed by atoms with Crippen LogP contribution in [0, 0.1) is 11.6 Å². The number of benzene rings is 2. The number of fused-ring (bicyclic) bond motifs is 1. The highest BCUT2D eigenvalue weighted by Crippen LogP contribution is 2.30. The predicted octanol–water partition coefficient (Wildman–Crippen LogP) is 2.63. The summed E-state index contributed by atoms with van der Waals surface area (Å²) in [6.07, 6.45) is 0.465. The molecule has 0 unspecified atom stereocenters. The van der Waals surface area contributed by atoms with E-state index < -0.39 is 17.7 Å². The summed E-state index contributed by atoms with van der Waals surface area (Å²) < 4.78 is 27.0. The number of carbonyl (C=O) groups is 1. The number of rotatable bonds is 3. The van der Waals surface area contributed by atoms with E-state index in [0.29, 0.717) is 13.0 Å². The van der Waals surface area contributed by atoms with Crippen molar-refractivity contribution in [1.29, 1.82) is 0 Å². The molecule has 1 N–H and O–H groups in total. The highest BCUT2D eigenvalue weighted by Gasteiger charge is 2.30. The van der Waals surface area contributed by atoms with Crippen molar-refractivity contribution in [2.75, 3.05) is 13.2 Å². The lowest BCUT2D eigenvalue weighted by Crippen LogP contribution is -2.42. The highest BCUT2D eigenvalue weighted by atomic mass is 19.2. The van der Waals surface area contributed by atoms with Gasteiger partial charge >= 0.3 is 0 Å². The normalized spacial score (nSPS) is 17.0. The van der Waals surface area contributed by atoms with E-state index in [-0.39, 0.29) is 24.5 Å². The Hall–Kier alpha value is -2.27. The number of amides is 1. The molecular weight excluding hydrogens is 300 g/mol. The van der Waals surface area contributed by atoms with E-state index in [2.05, 4.69) is 0 Å². The third-order valence-electron chi connectivity index (χ3n) is 4.28. The second kappa shape index (κ2) is 6.46. The van der Waals surface area contributed by atoms with Gasteiger partial charge in [0.1, 0.15) is 0 Å². The van der Waals surface area contributed by atoms with Crippen LogP contribution in [0.3, 0.4) is 0 Å². The van der Waals surface area contributed by atoms with Crippen molar-refractivity contribution in [2.24, 2.45) is 0 Å². The second-order valence-corrected chi connectivity index (χ2v) is 5.62. The van der Waals surface area contributed by atoms with Crippen molar-refractivity contribution in [3.05, 3.63) is 70.8 Å². The average Bonchev–Trinajstić information content (AvgIpc) is 2.57. The summed E-state index contributed by atoms with van der Waals surface area (Å²) >= 11 is 0. The number of aliphatic hydroxyl groups is 1. The van der Waals surface area contributed by atoms with Crippen LogP contribution in [0.2, 0.25) is 0 Å². The summed E-state index contributed by atoms with van der Waals surface area (Å²) in [4.78, 5) is 14.1. The van der Waals surface area contributed by atoms with Crippen LogP contribution in [-0.2, 0) is 17.6 Å². The molecule has 2 aromatic rings. The summed E-state index contributed by atoms with van der Waals surface area (Å²) in [7, 11) is 0. The third kappa shape index (κ3) is 2.97. The Morgan fingerprint density at radius 1 is 1.17 bits per heavy atom. The van der Waals surface area contributed by atoms with Crippen molar-refractivity contribution in [1.82, 2.24) is 4.90 Å². The van der Waals surface area contributed by atoms with E-state index in [4.69, 9.17) is 0 Å². The molecule has 1 atom stereocenters. The predicted molar refractivity (Wildman–Crippen MR) is 81.7 cm³/mol. The lowest BCUT2D eigenvalue weighted by Gasteiger charge is -2.36. The SMILES string of the molecule is O=C(Cc1cccc(F)c1F)N1CCc2ccccc2[C@@H]1CO. The molecule has 0 saturated carbocycles. The third-order valence-corrected chi connectivity index (χ3v) is 4.28. The number of hydrogen-bond acceptors (Lipinski definition) is 2. The van der Waals surface area contributed by atoms with Crippen LogP contribution in [0.4, 0.5) is 8.78 Å². The van der Waals surface area contributed by atoms with E-state index >= 15 is 0 Å². The standard InChI is InChI=1S/C18H17F2NO2/c19-15-7-3-5-13(18(15)20)10-17(23)21-9-8-12-4-1-2-6-14(12)16(21)11-22/h1-7,16,22H,8-11H2/t16-/m0/s1. The maximum atomic E-state index is 13.8. The van der Waals surface area contributed by atoms with Crippen LogP contribution in [0.1, 0.15) is 22.7 Å². The first kappa shape index (κ1) is 15.6. The molecular formula is C18H17F2NO2. The van der Waals surface area contributed by atoms with Crippen LogP contribution in [0.5, 0.6) is 0 Å². The van der Waals surface area contributed by atoms with E-state index in [0.717, 1.165) is 17.2 Å². The fourth-order valence-corrected chi connectivity index (χ4v) is 3.10. The number of nitrogens with zero attached hydrogens (tertiary/aromatic N) is 1. The van der Waals surface area contributed by atoms with Gasteiger partial charge in [-0.15, -0.1) is 0 Å². The molecule has 5 heteroatoms. The number of hydrogen-bond donors (Lipinski definition) is 1. The Kier molecular flexibility index (Phi) is 4.39. The molecule has 2 aromatic carbocycles. The molecule has 1 aliphatic heterocycles. The minimum atomic E-state index is -0.987. The largest absolute Gasteiger partial charge is 0.394 e. The minimum absolute atomic E-state index is 0.0329. The highest BCUT2D eigenvalue weighted by molar-refractivity contribution is 5.79. The van der Waals surface area contributed by atoms with Crippen molar-refractivity contribution in [3.8, 4) is 0 Å². The van der Waals surface area contributed by atoms with Gasteiger partial charge in [0.25, 0.3) is 0 Å². The second-order valence-electron chi connectivity index (χ2n) is 5.62. The van der Waals surface area contributed by atoms with Gasteiger partial charge in [0.05, 0.1) is 19.1 Å².